The standard InChI is InChI=1S/C12H14N4O/c1-8-3-5-9(6-4-8)17-11-7-10(14-2)15-12(13)16-11/h3-7H,1-2H3,(H3,13,14,15,16). The Morgan fingerprint density at radius 3 is 2.53 bits per heavy atom. The quantitative estimate of drug-likeness (QED) is 0.845. The van der Waals surface area contributed by atoms with Crippen LogP contribution in [0.15, 0.2) is 30.3 Å². The molecular formula is C12H14N4O. The lowest BCUT2D eigenvalue weighted by molar-refractivity contribution is 0.463. The molecule has 1 aromatic carbocycles. The molecular weight excluding hydrogens is 216 g/mol. The molecule has 0 amide bonds. The Balaban J connectivity index is 2.23. The second kappa shape index (κ2) is 4.69. The van der Waals surface area contributed by atoms with Crippen LogP contribution in [-0.2, 0) is 0 Å². The zero-order valence-electron chi connectivity index (χ0n) is 9.77. The van der Waals surface area contributed by atoms with Gasteiger partial charge in [0, 0.05) is 13.1 Å². The van der Waals surface area contributed by atoms with Gasteiger partial charge in [0.2, 0.25) is 11.8 Å². The van der Waals surface area contributed by atoms with Crippen molar-refractivity contribution in [1.82, 2.24) is 9.97 Å². The van der Waals surface area contributed by atoms with E-state index in [2.05, 4.69) is 15.3 Å². The van der Waals surface area contributed by atoms with E-state index >= 15 is 0 Å². The molecule has 1 aromatic heterocycles. The number of nitrogens with one attached hydrogen (secondary N) is 1. The molecule has 5 nitrogen and oxygen atoms in total. The number of nitrogens with zero attached hydrogens (tertiary/aromatic N) is 2. The van der Waals surface area contributed by atoms with Gasteiger partial charge in [-0.25, -0.2) is 0 Å². The van der Waals surface area contributed by atoms with Gasteiger partial charge in [-0.15, -0.1) is 0 Å². The van der Waals surface area contributed by atoms with Crippen molar-refractivity contribution in [1.29, 1.82) is 0 Å². The Labute approximate surface area is 99.7 Å². The van der Waals surface area contributed by atoms with Crippen molar-refractivity contribution in [2.75, 3.05) is 18.1 Å². The fourth-order valence-corrected chi connectivity index (χ4v) is 1.35. The summed E-state index contributed by atoms with van der Waals surface area (Å²) in [4.78, 5) is 7.99. The Hall–Kier alpha value is -2.30. The molecule has 0 radical (unpaired) electrons. The second-order valence-electron chi connectivity index (χ2n) is 3.61. The Morgan fingerprint density at radius 2 is 1.88 bits per heavy atom. The molecule has 0 aliphatic rings. The first-order chi connectivity index (χ1) is 8.17. The molecule has 2 aromatic rings. The van der Waals surface area contributed by atoms with E-state index in [0.29, 0.717) is 11.7 Å². The highest BCUT2D eigenvalue weighted by molar-refractivity contribution is 5.43. The summed E-state index contributed by atoms with van der Waals surface area (Å²) in [5.74, 6) is 1.94. The number of ether oxygens (including phenoxy) is 1. The average Bonchev–Trinajstić information content (AvgIpc) is 2.31. The highest BCUT2D eigenvalue weighted by Gasteiger charge is 2.03. The Bertz CT molecular complexity index is 510. The van der Waals surface area contributed by atoms with Gasteiger partial charge in [0.05, 0.1) is 0 Å². The molecule has 17 heavy (non-hydrogen) atoms. The van der Waals surface area contributed by atoms with Crippen molar-refractivity contribution >= 4 is 11.8 Å². The molecule has 0 bridgehead atoms. The molecule has 0 atom stereocenters. The number of aryl methyl sites for hydroxylation is 1. The first kappa shape index (κ1) is 11.2. The number of anilines is 2. The minimum absolute atomic E-state index is 0.180. The third-order valence-electron chi connectivity index (χ3n) is 2.22. The fourth-order valence-electron chi connectivity index (χ4n) is 1.35. The second-order valence-corrected chi connectivity index (χ2v) is 3.61. The van der Waals surface area contributed by atoms with Gasteiger partial charge in [-0.05, 0) is 19.1 Å². The van der Waals surface area contributed by atoms with Crippen LogP contribution in [0, 0.1) is 6.92 Å². The lowest BCUT2D eigenvalue weighted by Gasteiger charge is -2.07. The van der Waals surface area contributed by atoms with Crippen molar-refractivity contribution in [3.05, 3.63) is 35.9 Å². The van der Waals surface area contributed by atoms with Gasteiger partial charge in [0.1, 0.15) is 11.6 Å². The van der Waals surface area contributed by atoms with E-state index in [-0.39, 0.29) is 5.95 Å². The van der Waals surface area contributed by atoms with Crippen LogP contribution in [-0.4, -0.2) is 17.0 Å². The number of rotatable bonds is 3. The largest absolute Gasteiger partial charge is 0.439 e. The summed E-state index contributed by atoms with van der Waals surface area (Å²) in [7, 11) is 1.76. The maximum atomic E-state index is 5.59. The highest BCUT2D eigenvalue weighted by Crippen LogP contribution is 2.22. The van der Waals surface area contributed by atoms with E-state index < -0.39 is 0 Å². The number of nitrogens with two attached hydrogens (primary N) is 1. The van der Waals surface area contributed by atoms with E-state index in [1.54, 1.807) is 13.1 Å². The van der Waals surface area contributed by atoms with Gasteiger partial charge in [-0.3, -0.25) is 0 Å². The summed E-state index contributed by atoms with van der Waals surface area (Å²) in [5.41, 5.74) is 6.75. The predicted molar refractivity (Wildman–Crippen MR) is 67.2 cm³/mol. The minimum Gasteiger partial charge on any atom is -0.439 e. The molecule has 0 saturated carbocycles. The molecule has 1 heterocycles. The Morgan fingerprint density at radius 1 is 1.18 bits per heavy atom. The molecule has 3 N–H and O–H groups in total. The third kappa shape index (κ3) is 2.84. The molecule has 0 unspecified atom stereocenters. The van der Waals surface area contributed by atoms with E-state index in [0.717, 1.165) is 5.75 Å². The summed E-state index contributed by atoms with van der Waals surface area (Å²) in [6.07, 6.45) is 0. The molecule has 0 fully saturated rings. The maximum Gasteiger partial charge on any atom is 0.226 e. The first-order valence-electron chi connectivity index (χ1n) is 5.24. The molecule has 0 aliphatic heterocycles. The van der Waals surface area contributed by atoms with E-state index in [1.807, 2.05) is 31.2 Å². The van der Waals surface area contributed by atoms with E-state index in [1.165, 1.54) is 5.56 Å². The van der Waals surface area contributed by atoms with Crippen molar-refractivity contribution in [3.8, 4) is 11.6 Å². The monoisotopic (exact) mass is 230 g/mol. The highest BCUT2D eigenvalue weighted by atomic mass is 16.5. The van der Waals surface area contributed by atoms with Gasteiger partial charge in [-0.2, -0.15) is 9.97 Å². The third-order valence-corrected chi connectivity index (χ3v) is 2.22. The van der Waals surface area contributed by atoms with Gasteiger partial charge in [0.15, 0.2) is 0 Å². The summed E-state index contributed by atoms with van der Waals surface area (Å²) >= 11 is 0. The van der Waals surface area contributed by atoms with Crippen LogP contribution in [0.3, 0.4) is 0 Å². The zero-order valence-corrected chi connectivity index (χ0v) is 9.77. The minimum atomic E-state index is 0.180. The van der Waals surface area contributed by atoms with Gasteiger partial charge < -0.3 is 15.8 Å². The molecule has 5 heteroatoms. The summed E-state index contributed by atoms with van der Waals surface area (Å²) in [5, 5.41) is 2.89. The molecule has 88 valence electrons. The maximum absolute atomic E-state index is 5.59. The number of benzene rings is 1. The SMILES string of the molecule is CNc1cc(Oc2ccc(C)cc2)nc(N)n1. The lowest BCUT2D eigenvalue weighted by atomic mass is 10.2. The number of hydrogen-bond donors (Lipinski definition) is 2. The van der Waals surface area contributed by atoms with Crippen LogP contribution in [0.1, 0.15) is 5.56 Å². The van der Waals surface area contributed by atoms with Gasteiger partial charge in [-0.1, -0.05) is 17.7 Å². The normalized spacial score (nSPS) is 10.0. The van der Waals surface area contributed by atoms with Crippen molar-refractivity contribution in [3.63, 3.8) is 0 Å². The lowest BCUT2D eigenvalue weighted by Crippen LogP contribution is -2.01. The van der Waals surface area contributed by atoms with E-state index in [4.69, 9.17) is 10.5 Å². The first-order valence-corrected chi connectivity index (χ1v) is 5.24. The zero-order chi connectivity index (χ0) is 12.3. The van der Waals surface area contributed by atoms with Gasteiger partial charge >= 0.3 is 0 Å². The van der Waals surface area contributed by atoms with Crippen LogP contribution >= 0.6 is 0 Å². The van der Waals surface area contributed by atoms with Crippen LogP contribution in [0.25, 0.3) is 0 Å². The Kier molecular flexibility index (Phi) is 3.09. The smallest absolute Gasteiger partial charge is 0.226 e. The van der Waals surface area contributed by atoms with Crippen LogP contribution < -0.4 is 15.8 Å². The fraction of sp³-hybridized carbons (Fsp3) is 0.167. The summed E-state index contributed by atoms with van der Waals surface area (Å²) < 4.78 is 5.59. The van der Waals surface area contributed by atoms with Crippen LogP contribution in [0.4, 0.5) is 11.8 Å². The number of hydrogen-bond acceptors (Lipinski definition) is 5. The van der Waals surface area contributed by atoms with Crippen molar-refractivity contribution in [2.24, 2.45) is 0 Å². The number of nitrogen functional groups attached to an aromatic ring is 1. The molecule has 0 spiro atoms. The van der Waals surface area contributed by atoms with Crippen LogP contribution in [0.2, 0.25) is 0 Å². The van der Waals surface area contributed by atoms with Crippen molar-refractivity contribution < 1.29 is 4.74 Å². The molecule has 0 aliphatic carbocycles. The topological polar surface area (TPSA) is 73.1 Å². The summed E-state index contributed by atoms with van der Waals surface area (Å²) in [6.45, 7) is 2.02. The van der Waals surface area contributed by atoms with Crippen LogP contribution in [0.5, 0.6) is 11.6 Å². The van der Waals surface area contributed by atoms with Gasteiger partial charge in [0.25, 0.3) is 0 Å². The molecule has 2 rings (SSSR count). The predicted octanol–water partition coefficient (Wildman–Crippen LogP) is 2.20. The average molecular weight is 230 g/mol. The summed E-state index contributed by atoms with van der Waals surface area (Å²) in [6, 6.07) is 9.40. The van der Waals surface area contributed by atoms with Crippen molar-refractivity contribution in [2.45, 2.75) is 6.92 Å². The van der Waals surface area contributed by atoms with E-state index in [9.17, 15) is 0 Å². The molecule has 0 saturated heterocycles. The number of aromatic nitrogens is 2.